The van der Waals surface area contributed by atoms with E-state index in [0.29, 0.717) is 12.5 Å². The zero-order valence-corrected chi connectivity index (χ0v) is 19.7. The average Bonchev–Trinajstić information content (AvgIpc) is 3.57. The van der Waals surface area contributed by atoms with E-state index in [2.05, 4.69) is 29.6 Å². The van der Waals surface area contributed by atoms with Gasteiger partial charge in [0.05, 0.1) is 0 Å². The normalized spacial score (nSPS) is 15.4. The van der Waals surface area contributed by atoms with Crippen LogP contribution < -0.4 is 5.32 Å². The minimum Gasteiger partial charge on any atom is -0.480 e. The number of carbonyl (C=O) groups excluding carboxylic acids is 2. The Morgan fingerprint density at radius 2 is 1.62 bits per heavy atom. The van der Waals surface area contributed by atoms with Crippen molar-refractivity contribution in [2.24, 2.45) is 11.8 Å². The molecule has 2 aromatic carbocycles. The quantitative estimate of drug-likeness (QED) is 0.548. The highest BCUT2D eigenvalue weighted by molar-refractivity contribution is 5.82. The monoisotopic (exact) mass is 464 g/mol. The van der Waals surface area contributed by atoms with Crippen LogP contribution in [0.4, 0.5) is 4.79 Å². The molecule has 180 valence electrons. The minimum atomic E-state index is -1.03. The SMILES string of the molecule is CC(C)C(CC(=O)N(CC(=O)O)CC1CC1)NC(=O)OCC1c2ccccc2-c2ccccc21. The lowest BCUT2D eigenvalue weighted by Crippen LogP contribution is -2.45. The number of carboxylic acid groups (broad SMARTS) is 1. The molecular formula is C27H32N2O5. The van der Waals surface area contributed by atoms with E-state index < -0.39 is 18.1 Å². The number of nitrogens with one attached hydrogen (secondary N) is 1. The third kappa shape index (κ3) is 5.58. The van der Waals surface area contributed by atoms with Crippen LogP contribution in [-0.2, 0) is 14.3 Å². The lowest BCUT2D eigenvalue weighted by Gasteiger charge is -2.26. The van der Waals surface area contributed by atoms with Gasteiger partial charge in [-0.1, -0.05) is 62.4 Å². The van der Waals surface area contributed by atoms with E-state index in [9.17, 15) is 19.5 Å². The van der Waals surface area contributed by atoms with E-state index in [1.165, 1.54) is 4.90 Å². The maximum absolute atomic E-state index is 12.9. The van der Waals surface area contributed by atoms with Gasteiger partial charge in [0.15, 0.2) is 0 Å². The first kappa shape index (κ1) is 23.8. The number of hydrogen-bond donors (Lipinski definition) is 2. The van der Waals surface area contributed by atoms with Crippen molar-refractivity contribution in [3.8, 4) is 11.1 Å². The Kier molecular flexibility index (Phi) is 7.20. The van der Waals surface area contributed by atoms with Crippen molar-refractivity contribution in [2.75, 3.05) is 19.7 Å². The summed E-state index contributed by atoms with van der Waals surface area (Å²) in [7, 11) is 0. The molecule has 0 bridgehead atoms. The second kappa shape index (κ2) is 10.3. The zero-order valence-electron chi connectivity index (χ0n) is 19.7. The van der Waals surface area contributed by atoms with E-state index in [1.54, 1.807) is 0 Å². The highest BCUT2D eigenvalue weighted by Crippen LogP contribution is 2.44. The molecule has 4 rings (SSSR count). The molecule has 2 amide bonds. The standard InChI is InChI=1S/C27H32N2O5/c1-17(2)24(13-25(30)29(15-26(31)32)14-18-11-12-18)28-27(33)34-16-23-21-9-5-3-7-19(21)20-8-4-6-10-22(20)23/h3-10,17-18,23-24H,11-16H2,1-2H3,(H,28,33)(H,31,32). The van der Waals surface area contributed by atoms with Crippen molar-refractivity contribution in [2.45, 2.75) is 45.1 Å². The molecule has 2 N–H and O–H groups in total. The average molecular weight is 465 g/mol. The Balaban J connectivity index is 1.37. The van der Waals surface area contributed by atoms with Crippen molar-refractivity contribution >= 4 is 18.0 Å². The van der Waals surface area contributed by atoms with Gasteiger partial charge in [0, 0.05) is 24.9 Å². The summed E-state index contributed by atoms with van der Waals surface area (Å²) in [6, 6.07) is 15.8. The molecule has 2 aliphatic rings. The molecule has 34 heavy (non-hydrogen) atoms. The molecule has 0 radical (unpaired) electrons. The molecule has 0 aliphatic heterocycles. The fourth-order valence-electron chi connectivity index (χ4n) is 4.59. The number of rotatable bonds is 10. The molecule has 0 heterocycles. The number of nitrogens with zero attached hydrogens (tertiary/aromatic N) is 1. The first-order chi connectivity index (χ1) is 16.3. The number of carbonyl (C=O) groups is 3. The number of fused-ring (bicyclic) bond motifs is 3. The number of alkyl carbamates (subject to hydrolysis) is 1. The summed E-state index contributed by atoms with van der Waals surface area (Å²) < 4.78 is 5.63. The summed E-state index contributed by atoms with van der Waals surface area (Å²) in [5.74, 6) is -0.957. The van der Waals surface area contributed by atoms with E-state index in [1.807, 2.05) is 38.1 Å². The summed E-state index contributed by atoms with van der Waals surface area (Å²) in [5.41, 5.74) is 4.59. The highest BCUT2D eigenvalue weighted by Gasteiger charge is 2.31. The Morgan fingerprint density at radius 1 is 1.03 bits per heavy atom. The summed E-state index contributed by atoms with van der Waals surface area (Å²) in [6.45, 7) is 4.19. The van der Waals surface area contributed by atoms with Crippen molar-refractivity contribution in [1.29, 1.82) is 0 Å². The second-order valence-electron chi connectivity index (χ2n) is 9.64. The maximum atomic E-state index is 12.9. The topological polar surface area (TPSA) is 95.9 Å². The minimum absolute atomic E-state index is 0.0166. The molecule has 1 saturated carbocycles. The van der Waals surface area contributed by atoms with Crippen LogP contribution in [0.25, 0.3) is 11.1 Å². The van der Waals surface area contributed by atoms with Gasteiger partial charge >= 0.3 is 12.1 Å². The van der Waals surface area contributed by atoms with Gasteiger partial charge in [-0.3, -0.25) is 9.59 Å². The fraction of sp³-hybridized carbons (Fsp3) is 0.444. The van der Waals surface area contributed by atoms with Gasteiger partial charge in [-0.05, 0) is 46.9 Å². The molecule has 1 unspecified atom stereocenters. The van der Waals surface area contributed by atoms with Gasteiger partial charge in [-0.25, -0.2) is 4.79 Å². The molecule has 1 atom stereocenters. The van der Waals surface area contributed by atoms with E-state index in [0.717, 1.165) is 35.1 Å². The molecule has 7 nitrogen and oxygen atoms in total. The number of ether oxygens (including phenoxy) is 1. The first-order valence-electron chi connectivity index (χ1n) is 11.9. The Bertz CT molecular complexity index is 1020. The van der Waals surface area contributed by atoms with E-state index in [-0.39, 0.29) is 37.3 Å². The molecular weight excluding hydrogens is 432 g/mol. The second-order valence-corrected chi connectivity index (χ2v) is 9.64. The highest BCUT2D eigenvalue weighted by atomic mass is 16.5. The largest absolute Gasteiger partial charge is 0.480 e. The summed E-state index contributed by atoms with van der Waals surface area (Å²) in [5, 5.41) is 12.0. The van der Waals surface area contributed by atoms with Gasteiger partial charge in [0.25, 0.3) is 0 Å². The van der Waals surface area contributed by atoms with Crippen LogP contribution in [0.2, 0.25) is 0 Å². The Hall–Kier alpha value is -3.35. The predicted molar refractivity (Wildman–Crippen MR) is 128 cm³/mol. The van der Waals surface area contributed by atoms with Crippen LogP contribution in [-0.4, -0.2) is 53.7 Å². The lowest BCUT2D eigenvalue weighted by atomic mass is 9.98. The third-order valence-electron chi connectivity index (χ3n) is 6.70. The predicted octanol–water partition coefficient (Wildman–Crippen LogP) is 4.26. The molecule has 1 fully saturated rings. The summed E-state index contributed by atoms with van der Waals surface area (Å²) >= 11 is 0. The zero-order chi connectivity index (χ0) is 24.2. The molecule has 2 aromatic rings. The van der Waals surface area contributed by atoms with Crippen molar-refractivity contribution in [3.63, 3.8) is 0 Å². The van der Waals surface area contributed by atoms with Crippen LogP contribution in [0.15, 0.2) is 48.5 Å². The van der Waals surface area contributed by atoms with Crippen LogP contribution in [0.3, 0.4) is 0 Å². The molecule has 0 saturated heterocycles. The first-order valence-corrected chi connectivity index (χ1v) is 11.9. The maximum Gasteiger partial charge on any atom is 0.407 e. The molecule has 0 spiro atoms. The summed E-state index contributed by atoms with van der Waals surface area (Å²) in [4.78, 5) is 38.2. The van der Waals surface area contributed by atoms with Crippen molar-refractivity contribution in [3.05, 3.63) is 59.7 Å². The van der Waals surface area contributed by atoms with Gasteiger partial charge in [0.1, 0.15) is 13.2 Å². The van der Waals surface area contributed by atoms with Crippen LogP contribution in [0.5, 0.6) is 0 Å². The van der Waals surface area contributed by atoms with Gasteiger partial charge in [-0.2, -0.15) is 0 Å². The number of amides is 2. The molecule has 7 heteroatoms. The van der Waals surface area contributed by atoms with E-state index >= 15 is 0 Å². The number of benzene rings is 2. The Morgan fingerprint density at radius 3 is 2.15 bits per heavy atom. The lowest BCUT2D eigenvalue weighted by molar-refractivity contribution is -0.145. The molecule has 0 aromatic heterocycles. The van der Waals surface area contributed by atoms with Gasteiger partial charge in [-0.15, -0.1) is 0 Å². The fourth-order valence-corrected chi connectivity index (χ4v) is 4.59. The number of carboxylic acids is 1. The van der Waals surface area contributed by atoms with Crippen LogP contribution >= 0.6 is 0 Å². The van der Waals surface area contributed by atoms with Crippen molar-refractivity contribution < 1.29 is 24.2 Å². The van der Waals surface area contributed by atoms with E-state index in [4.69, 9.17) is 4.74 Å². The number of aliphatic carboxylic acids is 1. The third-order valence-corrected chi connectivity index (χ3v) is 6.70. The smallest absolute Gasteiger partial charge is 0.407 e. The summed E-state index contributed by atoms with van der Waals surface area (Å²) in [6.07, 6.45) is 1.52. The van der Waals surface area contributed by atoms with Crippen LogP contribution in [0, 0.1) is 11.8 Å². The van der Waals surface area contributed by atoms with Crippen LogP contribution in [0.1, 0.15) is 50.2 Å². The Labute approximate surface area is 200 Å². The van der Waals surface area contributed by atoms with Crippen molar-refractivity contribution in [1.82, 2.24) is 10.2 Å². The number of hydrogen-bond acceptors (Lipinski definition) is 4. The molecule has 2 aliphatic carbocycles. The van der Waals surface area contributed by atoms with Gasteiger partial charge in [0.2, 0.25) is 5.91 Å². The van der Waals surface area contributed by atoms with Gasteiger partial charge < -0.3 is 20.1 Å².